The lowest BCUT2D eigenvalue weighted by molar-refractivity contribution is 0.336. The first kappa shape index (κ1) is 14.0. The van der Waals surface area contributed by atoms with Crippen molar-refractivity contribution < 1.29 is 4.74 Å². The predicted octanol–water partition coefficient (Wildman–Crippen LogP) is 2.17. The first-order chi connectivity index (χ1) is 9.20. The fourth-order valence-electron chi connectivity index (χ4n) is 2.07. The van der Waals surface area contributed by atoms with Crippen molar-refractivity contribution in [1.29, 1.82) is 0 Å². The fourth-order valence-corrected chi connectivity index (χ4v) is 2.27. The van der Waals surface area contributed by atoms with Crippen LogP contribution < -0.4 is 10.1 Å². The van der Waals surface area contributed by atoms with Crippen LogP contribution in [0.5, 0.6) is 5.75 Å². The van der Waals surface area contributed by atoms with Crippen molar-refractivity contribution in [2.75, 3.05) is 33.3 Å². The van der Waals surface area contributed by atoms with Crippen molar-refractivity contribution in [3.05, 3.63) is 28.8 Å². The summed E-state index contributed by atoms with van der Waals surface area (Å²) in [6.45, 7) is 5.34. The highest BCUT2D eigenvalue weighted by Crippen LogP contribution is 2.23. The zero-order valence-electron chi connectivity index (χ0n) is 11.4. The van der Waals surface area contributed by atoms with Crippen LogP contribution in [0.3, 0.4) is 0 Å². The van der Waals surface area contributed by atoms with Crippen molar-refractivity contribution in [2.24, 2.45) is 4.99 Å². The Kier molecular flexibility index (Phi) is 4.91. The molecule has 1 aromatic carbocycles. The summed E-state index contributed by atoms with van der Waals surface area (Å²) in [6.07, 6.45) is 0.864. The second-order valence-corrected chi connectivity index (χ2v) is 4.93. The summed E-state index contributed by atoms with van der Waals surface area (Å²) in [5.41, 5.74) is 1.13. The van der Waals surface area contributed by atoms with Gasteiger partial charge in [-0.05, 0) is 37.1 Å². The van der Waals surface area contributed by atoms with E-state index < -0.39 is 0 Å². The minimum Gasteiger partial charge on any atom is -0.494 e. The number of aliphatic imine (C=N–C) groups is 1. The molecule has 0 amide bonds. The molecule has 2 rings (SSSR count). The Balaban J connectivity index is 1.93. The standard InChI is InChI=1S/C14H20ClN3O/c1-3-19-13-5-4-12(15)10-11(13)6-7-16-14-17-8-9-18(14)2/h4-5,10H,3,6-9H2,1-2H3,(H,16,17). The molecule has 0 saturated heterocycles. The van der Waals surface area contributed by atoms with Crippen LogP contribution in [0, 0.1) is 0 Å². The number of hydrogen-bond donors (Lipinski definition) is 1. The molecule has 0 radical (unpaired) electrons. The van der Waals surface area contributed by atoms with Crippen molar-refractivity contribution >= 4 is 17.6 Å². The molecule has 0 atom stereocenters. The van der Waals surface area contributed by atoms with Gasteiger partial charge in [-0.15, -0.1) is 0 Å². The Hall–Kier alpha value is -1.42. The van der Waals surface area contributed by atoms with Gasteiger partial charge in [-0.1, -0.05) is 11.6 Å². The number of rotatable bonds is 5. The van der Waals surface area contributed by atoms with Crippen LogP contribution in [0.4, 0.5) is 0 Å². The number of ether oxygens (including phenoxy) is 1. The Bertz CT molecular complexity index is 462. The van der Waals surface area contributed by atoms with Gasteiger partial charge >= 0.3 is 0 Å². The second-order valence-electron chi connectivity index (χ2n) is 4.49. The molecule has 0 aliphatic carbocycles. The normalized spacial score (nSPS) is 14.5. The number of benzene rings is 1. The molecule has 19 heavy (non-hydrogen) atoms. The van der Waals surface area contributed by atoms with Crippen molar-refractivity contribution in [3.8, 4) is 5.75 Å². The minimum absolute atomic E-state index is 0.664. The van der Waals surface area contributed by atoms with Crippen molar-refractivity contribution in [1.82, 2.24) is 10.2 Å². The van der Waals surface area contributed by atoms with E-state index in [2.05, 4.69) is 15.2 Å². The van der Waals surface area contributed by atoms with Crippen LogP contribution in [0.15, 0.2) is 23.2 Å². The van der Waals surface area contributed by atoms with E-state index in [0.29, 0.717) is 6.61 Å². The first-order valence-corrected chi connectivity index (χ1v) is 6.99. The predicted molar refractivity (Wildman–Crippen MR) is 79.3 cm³/mol. The number of likely N-dealkylation sites (N-methyl/N-ethyl adjacent to an activating group) is 1. The quantitative estimate of drug-likeness (QED) is 0.899. The van der Waals surface area contributed by atoms with E-state index in [0.717, 1.165) is 48.4 Å². The van der Waals surface area contributed by atoms with E-state index in [-0.39, 0.29) is 0 Å². The van der Waals surface area contributed by atoms with Gasteiger partial charge < -0.3 is 15.0 Å². The summed E-state index contributed by atoms with van der Waals surface area (Å²) in [5.74, 6) is 1.88. The van der Waals surface area contributed by atoms with E-state index in [9.17, 15) is 0 Å². The fraction of sp³-hybridized carbons (Fsp3) is 0.500. The van der Waals surface area contributed by atoms with Crippen molar-refractivity contribution in [2.45, 2.75) is 13.3 Å². The number of nitrogens with zero attached hydrogens (tertiary/aromatic N) is 2. The van der Waals surface area contributed by atoms with Crippen LogP contribution in [0.2, 0.25) is 5.02 Å². The number of hydrogen-bond acceptors (Lipinski definition) is 4. The highest BCUT2D eigenvalue weighted by molar-refractivity contribution is 6.30. The zero-order valence-corrected chi connectivity index (χ0v) is 12.2. The second kappa shape index (κ2) is 6.66. The molecular weight excluding hydrogens is 262 g/mol. The molecule has 0 saturated carbocycles. The van der Waals surface area contributed by atoms with Gasteiger partial charge in [-0.3, -0.25) is 4.99 Å². The van der Waals surface area contributed by atoms with E-state index in [1.807, 2.05) is 32.2 Å². The third-order valence-corrected chi connectivity index (χ3v) is 3.29. The van der Waals surface area contributed by atoms with Gasteiger partial charge in [0.2, 0.25) is 0 Å². The highest BCUT2D eigenvalue weighted by atomic mass is 35.5. The van der Waals surface area contributed by atoms with Crippen LogP contribution in [0.25, 0.3) is 0 Å². The van der Waals surface area contributed by atoms with Gasteiger partial charge in [0.25, 0.3) is 0 Å². The third kappa shape index (κ3) is 3.77. The maximum atomic E-state index is 6.04. The molecule has 0 bridgehead atoms. The Morgan fingerprint density at radius 2 is 2.32 bits per heavy atom. The molecule has 1 heterocycles. The summed E-state index contributed by atoms with van der Waals surface area (Å²) >= 11 is 6.04. The molecule has 1 N–H and O–H groups in total. The van der Waals surface area contributed by atoms with E-state index in [1.54, 1.807) is 0 Å². The first-order valence-electron chi connectivity index (χ1n) is 6.61. The van der Waals surface area contributed by atoms with Gasteiger partial charge in [0.15, 0.2) is 5.96 Å². The van der Waals surface area contributed by atoms with Crippen LogP contribution in [-0.2, 0) is 6.42 Å². The Morgan fingerprint density at radius 3 is 3.00 bits per heavy atom. The molecule has 104 valence electrons. The molecule has 0 unspecified atom stereocenters. The molecular formula is C14H20ClN3O. The molecule has 5 heteroatoms. The van der Waals surface area contributed by atoms with E-state index in [4.69, 9.17) is 16.3 Å². The summed E-state index contributed by atoms with van der Waals surface area (Å²) in [6, 6.07) is 5.76. The number of guanidine groups is 1. The lowest BCUT2D eigenvalue weighted by Crippen LogP contribution is -2.36. The summed E-state index contributed by atoms with van der Waals surface area (Å²) in [7, 11) is 2.05. The number of halogens is 1. The molecule has 1 aromatic rings. The smallest absolute Gasteiger partial charge is 0.193 e. The SMILES string of the molecule is CCOc1ccc(Cl)cc1CCNC1=NCCN1C. The molecule has 4 nitrogen and oxygen atoms in total. The lowest BCUT2D eigenvalue weighted by Gasteiger charge is -2.16. The monoisotopic (exact) mass is 281 g/mol. The van der Waals surface area contributed by atoms with Gasteiger partial charge in [0.1, 0.15) is 5.75 Å². The maximum absolute atomic E-state index is 6.04. The van der Waals surface area contributed by atoms with Crippen LogP contribution >= 0.6 is 11.6 Å². The molecule has 1 aliphatic heterocycles. The molecule has 0 fully saturated rings. The van der Waals surface area contributed by atoms with Gasteiger partial charge in [-0.2, -0.15) is 0 Å². The molecule has 1 aliphatic rings. The zero-order chi connectivity index (χ0) is 13.7. The van der Waals surface area contributed by atoms with Crippen LogP contribution in [0.1, 0.15) is 12.5 Å². The minimum atomic E-state index is 0.664. The third-order valence-electron chi connectivity index (χ3n) is 3.06. The highest BCUT2D eigenvalue weighted by Gasteiger charge is 2.11. The molecule has 0 spiro atoms. The Morgan fingerprint density at radius 1 is 1.47 bits per heavy atom. The summed E-state index contributed by atoms with van der Waals surface area (Å²) < 4.78 is 5.61. The average molecular weight is 282 g/mol. The van der Waals surface area contributed by atoms with E-state index in [1.165, 1.54) is 0 Å². The van der Waals surface area contributed by atoms with Crippen LogP contribution in [-0.4, -0.2) is 44.1 Å². The van der Waals surface area contributed by atoms with Crippen molar-refractivity contribution in [3.63, 3.8) is 0 Å². The maximum Gasteiger partial charge on any atom is 0.193 e. The number of nitrogens with one attached hydrogen (secondary N) is 1. The Labute approximate surface area is 119 Å². The van der Waals surface area contributed by atoms with Gasteiger partial charge in [0, 0.05) is 25.2 Å². The summed E-state index contributed by atoms with van der Waals surface area (Å²) in [4.78, 5) is 6.52. The van der Waals surface area contributed by atoms with Gasteiger partial charge in [-0.25, -0.2) is 0 Å². The largest absolute Gasteiger partial charge is 0.494 e. The molecule has 0 aromatic heterocycles. The average Bonchev–Trinajstić information content (AvgIpc) is 2.79. The lowest BCUT2D eigenvalue weighted by atomic mass is 10.1. The van der Waals surface area contributed by atoms with Gasteiger partial charge in [0.05, 0.1) is 13.2 Å². The summed E-state index contributed by atoms with van der Waals surface area (Å²) in [5, 5.41) is 4.09. The topological polar surface area (TPSA) is 36.9 Å². The van der Waals surface area contributed by atoms with E-state index >= 15 is 0 Å².